The van der Waals surface area contributed by atoms with E-state index in [1.807, 2.05) is 0 Å². The van der Waals surface area contributed by atoms with Crippen molar-refractivity contribution < 1.29 is 14.6 Å². The molecule has 1 aliphatic heterocycles. The van der Waals surface area contributed by atoms with Gasteiger partial charge < -0.3 is 19.5 Å². The van der Waals surface area contributed by atoms with Gasteiger partial charge in [0.1, 0.15) is 5.38 Å². The van der Waals surface area contributed by atoms with E-state index in [9.17, 15) is 10.2 Å². The number of anilines is 1. The van der Waals surface area contributed by atoms with Gasteiger partial charge in [-0.05, 0) is 6.92 Å². The lowest BCUT2D eigenvalue weighted by molar-refractivity contribution is 0.0572. The lowest BCUT2D eigenvalue weighted by Gasteiger charge is -2.10. The fourth-order valence-corrected chi connectivity index (χ4v) is 1.53. The molecule has 84 valence electrons. The van der Waals surface area contributed by atoms with Crippen molar-refractivity contribution in [2.24, 2.45) is 0 Å². The minimum Gasteiger partial charge on any atom is -0.406 e. The molecular formula is C8H12ClN3O3. The second-order valence-corrected chi connectivity index (χ2v) is 4.23. The molecular weight excluding hydrogens is 222 g/mol. The van der Waals surface area contributed by atoms with E-state index in [0.717, 1.165) is 0 Å². The lowest BCUT2D eigenvalue weighted by Crippen LogP contribution is -2.22. The van der Waals surface area contributed by atoms with Crippen LogP contribution in [0.3, 0.4) is 0 Å². The molecule has 0 spiro atoms. The van der Waals surface area contributed by atoms with Crippen LogP contribution in [-0.4, -0.2) is 45.7 Å². The van der Waals surface area contributed by atoms with E-state index in [2.05, 4.69) is 10.2 Å². The molecule has 3 atom stereocenters. The molecule has 2 heterocycles. The minimum absolute atomic E-state index is 0.285. The van der Waals surface area contributed by atoms with Gasteiger partial charge in [-0.3, -0.25) is 0 Å². The van der Waals surface area contributed by atoms with Crippen LogP contribution < -0.4 is 4.90 Å². The summed E-state index contributed by atoms with van der Waals surface area (Å²) in [6.45, 7) is 2.31. The zero-order valence-electron chi connectivity index (χ0n) is 8.17. The third kappa shape index (κ3) is 2.06. The Bertz CT molecular complexity index is 334. The van der Waals surface area contributed by atoms with E-state index in [1.54, 1.807) is 11.8 Å². The summed E-state index contributed by atoms with van der Waals surface area (Å²) in [6.07, 6.45) is -1.54. The Morgan fingerprint density at radius 3 is 2.47 bits per heavy atom. The Balaban J connectivity index is 2.10. The van der Waals surface area contributed by atoms with Gasteiger partial charge in [-0.15, -0.1) is 16.7 Å². The van der Waals surface area contributed by atoms with Crippen LogP contribution in [0.1, 0.15) is 18.2 Å². The van der Waals surface area contributed by atoms with Gasteiger partial charge in [-0.2, -0.15) is 0 Å². The first-order valence-electron chi connectivity index (χ1n) is 4.66. The van der Waals surface area contributed by atoms with Crippen molar-refractivity contribution in [3.8, 4) is 0 Å². The summed E-state index contributed by atoms with van der Waals surface area (Å²) in [5.74, 6) is 0.336. The zero-order chi connectivity index (χ0) is 11.0. The average Bonchev–Trinajstić information content (AvgIpc) is 2.74. The van der Waals surface area contributed by atoms with Gasteiger partial charge in [-0.1, -0.05) is 5.10 Å². The average molecular weight is 234 g/mol. The molecule has 0 amide bonds. The molecule has 1 saturated heterocycles. The van der Waals surface area contributed by atoms with Crippen molar-refractivity contribution in [1.82, 2.24) is 10.2 Å². The van der Waals surface area contributed by atoms with Crippen molar-refractivity contribution in [2.75, 3.05) is 18.0 Å². The van der Waals surface area contributed by atoms with Crippen LogP contribution >= 0.6 is 11.6 Å². The molecule has 1 aromatic rings. The van der Waals surface area contributed by atoms with Crippen molar-refractivity contribution in [3.05, 3.63) is 5.89 Å². The minimum atomic E-state index is -0.770. The summed E-state index contributed by atoms with van der Waals surface area (Å²) in [7, 11) is 0. The fraction of sp³-hybridized carbons (Fsp3) is 0.750. The zero-order valence-corrected chi connectivity index (χ0v) is 8.92. The van der Waals surface area contributed by atoms with Gasteiger partial charge in [0.05, 0.1) is 25.3 Å². The lowest BCUT2D eigenvalue weighted by atomic mass is 10.3. The maximum Gasteiger partial charge on any atom is 0.318 e. The molecule has 3 unspecified atom stereocenters. The molecule has 0 aromatic carbocycles. The monoisotopic (exact) mass is 233 g/mol. The van der Waals surface area contributed by atoms with Crippen LogP contribution in [0, 0.1) is 0 Å². The van der Waals surface area contributed by atoms with E-state index in [-0.39, 0.29) is 11.4 Å². The van der Waals surface area contributed by atoms with Crippen molar-refractivity contribution in [3.63, 3.8) is 0 Å². The molecule has 0 saturated carbocycles. The summed E-state index contributed by atoms with van der Waals surface area (Å²) in [4.78, 5) is 1.63. The number of aromatic nitrogens is 2. The highest BCUT2D eigenvalue weighted by Gasteiger charge is 2.32. The highest BCUT2D eigenvalue weighted by atomic mass is 35.5. The smallest absolute Gasteiger partial charge is 0.318 e. The van der Waals surface area contributed by atoms with Crippen molar-refractivity contribution >= 4 is 17.6 Å². The fourth-order valence-electron chi connectivity index (χ4n) is 1.44. The second kappa shape index (κ2) is 3.96. The van der Waals surface area contributed by atoms with E-state index in [1.165, 1.54) is 0 Å². The normalized spacial score (nSPS) is 28.4. The molecule has 7 heteroatoms. The first kappa shape index (κ1) is 10.7. The van der Waals surface area contributed by atoms with Gasteiger partial charge in [0.15, 0.2) is 0 Å². The van der Waals surface area contributed by atoms with E-state index >= 15 is 0 Å². The van der Waals surface area contributed by atoms with Crippen LogP contribution in [0.5, 0.6) is 0 Å². The Morgan fingerprint density at radius 2 is 2.00 bits per heavy atom. The highest BCUT2D eigenvalue weighted by molar-refractivity contribution is 6.20. The number of hydrogen-bond donors (Lipinski definition) is 2. The summed E-state index contributed by atoms with van der Waals surface area (Å²) >= 11 is 5.77. The van der Waals surface area contributed by atoms with Crippen molar-refractivity contribution in [2.45, 2.75) is 24.5 Å². The third-order valence-corrected chi connectivity index (χ3v) is 2.49. The van der Waals surface area contributed by atoms with Crippen LogP contribution in [0.2, 0.25) is 0 Å². The highest BCUT2D eigenvalue weighted by Crippen LogP contribution is 2.24. The predicted molar refractivity (Wildman–Crippen MR) is 52.8 cm³/mol. The van der Waals surface area contributed by atoms with E-state index < -0.39 is 12.2 Å². The number of halogens is 1. The molecule has 1 fully saturated rings. The first-order chi connectivity index (χ1) is 7.08. The molecule has 2 N–H and O–H groups in total. The second-order valence-electron chi connectivity index (χ2n) is 3.58. The van der Waals surface area contributed by atoms with Crippen LogP contribution in [0.25, 0.3) is 0 Å². The maximum atomic E-state index is 9.34. The Hall–Kier alpha value is -0.850. The van der Waals surface area contributed by atoms with Crippen LogP contribution in [0.15, 0.2) is 4.42 Å². The van der Waals surface area contributed by atoms with Gasteiger partial charge >= 0.3 is 6.01 Å². The summed E-state index contributed by atoms with van der Waals surface area (Å²) < 4.78 is 5.28. The number of hydrogen-bond acceptors (Lipinski definition) is 6. The topological polar surface area (TPSA) is 82.6 Å². The van der Waals surface area contributed by atoms with Crippen molar-refractivity contribution in [1.29, 1.82) is 0 Å². The molecule has 15 heavy (non-hydrogen) atoms. The molecule has 1 aromatic heterocycles. The molecule has 0 bridgehead atoms. The largest absolute Gasteiger partial charge is 0.406 e. The summed E-state index contributed by atoms with van der Waals surface area (Å²) in [5.41, 5.74) is 0. The number of nitrogens with zero attached hydrogens (tertiary/aromatic N) is 3. The summed E-state index contributed by atoms with van der Waals surface area (Å²) in [6, 6.07) is 0.285. The SMILES string of the molecule is CC(Cl)c1nnc(N2CC(O)C(O)C2)o1. The Labute approximate surface area is 91.5 Å². The summed E-state index contributed by atoms with van der Waals surface area (Å²) in [5, 5.41) is 25.9. The predicted octanol–water partition coefficient (Wildman–Crippen LogP) is -0.0888. The molecule has 0 radical (unpaired) electrons. The Kier molecular flexibility index (Phi) is 2.81. The van der Waals surface area contributed by atoms with E-state index in [0.29, 0.717) is 19.0 Å². The first-order valence-corrected chi connectivity index (χ1v) is 5.10. The molecule has 2 rings (SSSR count). The van der Waals surface area contributed by atoms with Gasteiger partial charge in [0, 0.05) is 0 Å². The number of aliphatic hydroxyl groups is 2. The third-order valence-electron chi connectivity index (χ3n) is 2.30. The number of alkyl halides is 1. The maximum absolute atomic E-state index is 9.34. The van der Waals surface area contributed by atoms with Gasteiger partial charge in [0.2, 0.25) is 5.89 Å². The van der Waals surface area contributed by atoms with Gasteiger partial charge in [-0.25, -0.2) is 0 Å². The number of aliphatic hydroxyl groups excluding tert-OH is 2. The number of β-amino-alcohol motifs (C(OH)–C–C–N with tert-alkyl or cyclic N) is 2. The molecule has 0 aliphatic carbocycles. The quantitative estimate of drug-likeness (QED) is 0.695. The Morgan fingerprint density at radius 1 is 1.40 bits per heavy atom. The standard InChI is InChI=1S/C8H12ClN3O3/c1-4(9)7-10-11-8(15-7)12-2-5(13)6(14)3-12/h4-6,13-14H,2-3H2,1H3. The number of rotatable bonds is 2. The van der Waals surface area contributed by atoms with Crippen LogP contribution in [0.4, 0.5) is 6.01 Å². The van der Waals surface area contributed by atoms with Gasteiger partial charge in [0.25, 0.3) is 0 Å². The van der Waals surface area contributed by atoms with Crippen LogP contribution in [-0.2, 0) is 0 Å². The molecule has 1 aliphatic rings. The molecule has 6 nitrogen and oxygen atoms in total. The van der Waals surface area contributed by atoms with E-state index in [4.69, 9.17) is 16.0 Å².